The molecule has 1 fully saturated rings. The van der Waals surface area contributed by atoms with Crippen LogP contribution in [-0.2, 0) is 0 Å². The topological polar surface area (TPSA) is 42.2 Å². The van der Waals surface area contributed by atoms with E-state index in [0.717, 1.165) is 30.2 Å². The van der Waals surface area contributed by atoms with Crippen molar-refractivity contribution in [3.8, 4) is 0 Å². The van der Waals surface area contributed by atoms with Gasteiger partial charge in [-0.1, -0.05) is 13.8 Å². The first-order valence-electron chi connectivity index (χ1n) is 5.45. The number of nitrogens with zero attached hydrogens (tertiary/aromatic N) is 2. The van der Waals surface area contributed by atoms with Crippen molar-refractivity contribution < 1.29 is 0 Å². The van der Waals surface area contributed by atoms with Crippen molar-refractivity contribution in [1.82, 2.24) is 4.98 Å². The summed E-state index contributed by atoms with van der Waals surface area (Å²) >= 11 is 0. The monoisotopic (exact) mass is 205 g/mol. The maximum absolute atomic E-state index is 5.76. The highest BCUT2D eigenvalue weighted by Crippen LogP contribution is 2.32. The number of hydrogen-bond donors (Lipinski definition) is 1. The number of hydrogen-bond acceptors (Lipinski definition) is 3. The highest BCUT2D eigenvalue weighted by atomic mass is 15.2. The first-order chi connectivity index (χ1) is 6.98. The Morgan fingerprint density at radius 1 is 1.47 bits per heavy atom. The second kappa shape index (κ2) is 3.40. The Labute approximate surface area is 91.3 Å². The second-order valence-corrected chi connectivity index (χ2v) is 5.23. The molecule has 0 bridgehead atoms. The fourth-order valence-electron chi connectivity index (χ4n) is 2.03. The maximum Gasteiger partial charge on any atom is 0.128 e. The average Bonchev–Trinajstić information content (AvgIpc) is 2.51. The summed E-state index contributed by atoms with van der Waals surface area (Å²) < 4.78 is 0. The van der Waals surface area contributed by atoms with E-state index in [-0.39, 0.29) is 0 Å². The minimum absolute atomic E-state index is 0.414. The predicted molar refractivity (Wildman–Crippen MR) is 64.0 cm³/mol. The van der Waals surface area contributed by atoms with E-state index in [1.807, 2.05) is 6.92 Å². The molecule has 0 spiro atoms. The number of nitrogen functional groups attached to an aromatic ring is 1. The minimum atomic E-state index is 0.414. The van der Waals surface area contributed by atoms with Gasteiger partial charge in [0, 0.05) is 13.1 Å². The zero-order chi connectivity index (χ0) is 11.1. The lowest BCUT2D eigenvalue weighted by molar-refractivity contribution is 0.418. The highest BCUT2D eigenvalue weighted by Gasteiger charge is 2.29. The first-order valence-corrected chi connectivity index (χ1v) is 5.45. The van der Waals surface area contributed by atoms with Crippen molar-refractivity contribution in [1.29, 1.82) is 0 Å². The summed E-state index contributed by atoms with van der Waals surface area (Å²) in [5.41, 5.74) is 8.06. The van der Waals surface area contributed by atoms with E-state index in [0.29, 0.717) is 5.41 Å². The summed E-state index contributed by atoms with van der Waals surface area (Å²) in [5, 5.41) is 0. The van der Waals surface area contributed by atoms with Crippen LogP contribution in [-0.4, -0.2) is 18.1 Å². The fraction of sp³-hybridized carbons (Fsp3) is 0.583. The lowest BCUT2D eigenvalue weighted by Gasteiger charge is -2.21. The maximum atomic E-state index is 5.76. The van der Waals surface area contributed by atoms with Crippen molar-refractivity contribution in [2.45, 2.75) is 27.2 Å². The Balaban J connectivity index is 2.21. The van der Waals surface area contributed by atoms with Gasteiger partial charge in [0.2, 0.25) is 0 Å². The summed E-state index contributed by atoms with van der Waals surface area (Å²) in [6.45, 7) is 8.82. The molecule has 3 heteroatoms. The Bertz CT molecular complexity index is 371. The average molecular weight is 205 g/mol. The van der Waals surface area contributed by atoms with Crippen LogP contribution in [0.5, 0.6) is 0 Å². The first kappa shape index (κ1) is 10.3. The zero-order valence-corrected chi connectivity index (χ0v) is 9.75. The molecule has 0 saturated carbocycles. The van der Waals surface area contributed by atoms with Crippen LogP contribution < -0.4 is 10.6 Å². The highest BCUT2D eigenvalue weighted by molar-refractivity contribution is 5.52. The van der Waals surface area contributed by atoms with Crippen LogP contribution in [0.2, 0.25) is 0 Å². The molecule has 3 nitrogen and oxygen atoms in total. The Hall–Kier alpha value is -1.25. The van der Waals surface area contributed by atoms with Crippen LogP contribution in [0.25, 0.3) is 0 Å². The quantitative estimate of drug-likeness (QED) is 0.764. The molecule has 15 heavy (non-hydrogen) atoms. The largest absolute Gasteiger partial charge is 0.397 e. The molecular formula is C12H19N3. The van der Waals surface area contributed by atoms with Crippen LogP contribution in [0.4, 0.5) is 11.5 Å². The van der Waals surface area contributed by atoms with Gasteiger partial charge in [0.1, 0.15) is 5.82 Å². The lowest BCUT2D eigenvalue weighted by Crippen LogP contribution is -2.23. The van der Waals surface area contributed by atoms with Crippen LogP contribution in [0.15, 0.2) is 12.3 Å². The molecule has 0 atom stereocenters. The van der Waals surface area contributed by atoms with Gasteiger partial charge in [-0.25, -0.2) is 4.98 Å². The fourth-order valence-corrected chi connectivity index (χ4v) is 2.03. The van der Waals surface area contributed by atoms with Crippen LogP contribution >= 0.6 is 0 Å². The molecule has 1 aliphatic heterocycles. The van der Waals surface area contributed by atoms with E-state index in [1.54, 1.807) is 6.20 Å². The molecule has 0 unspecified atom stereocenters. The molecule has 0 amide bonds. The van der Waals surface area contributed by atoms with E-state index in [4.69, 9.17) is 5.73 Å². The minimum Gasteiger partial charge on any atom is -0.397 e. The molecule has 1 aliphatic rings. The standard InChI is InChI=1S/C12H19N3/c1-9-6-11(14-7-10(9)13)15-5-4-12(2,3)8-15/h6-7H,4-5,8,13H2,1-3H3. The summed E-state index contributed by atoms with van der Waals surface area (Å²) in [6.07, 6.45) is 2.99. The van der Waals surface area contributed by atoms with Crippen molar-refractivity contribution in [2.75, 3.05) is 23.7 Å². The number of nitrogens with two attached hydrogens (primary N) is 1. The third kappa shape index (κ3) is 2.06. The number of aromatic nitrogens is 1. The molecule has 2 heterocycles. The van der Waals surface area contributed by atoms with Gasteiger partial charge in [-0.3, -0.25) is 0 Å². The molecule has 0 aliphatic carbocycles. The third-order valence-electron chi connectivity index (χ3n) is 3.14. The molecule has 2 N–H and O–H groups in total. The Morgan fingerprint density at radius 3 is 2.73 bits per heavy atom. The predicted octanol–water partition coefficient (Wildman–Crippen LogP) is 2.21. The zero-order valence-electron chi connectivity index (χ0n) is 9.75. The molecular weight excluding hydrogens is 186 g/mol. The van der Waals surface area contributed by atoms with Crippen molar-refractivity contribution in [3.05, 3.63) is 17.8 Å². The Morgan fingerprint density at radius 2 is 2.20 bits per heavy atom. The molecule has 0 aromatic carbocycles. The van der Waals surface area contributed by atoms with E-state index >= 15 is 0 Å². The smallest absolute Gasteiger partial charge is 0.128 e. The SMILES string of the molecule is Cc1cc(N2CCC(C)(C)C2)ncc1N. The normalized spacial score (nSPS) is 19.5. The van der Waals surface area contributed by atoms with Crippen LogP contribution in [0.1, 0.15) is 25.8 Å². The molecule has 2 rings (SSSR count). The van der Waals surface area contributed by atoms with Gasteiger partial charge >= 0.3 is 0 Å². The number of anilines is 2. The molecule has 1 saturated heterocycles. The lowest BCUT2D eigenvalue weighted by atomic mass is 9.93. The number of aryl methyl sites for hydroxylation is 1. The summed E-state index contributed by atoms with van der Waals surface area (Å²) in [5.74, 6) is 1.06. The molecule has 82 valence electrons. The van der Waals surface area contributed by atoms with Crippen molar-refractivity contribution in [3.63, 3.8) is 0 Å². The van der Waals surface area contributed by atoms with Gasteiger partial charge < -0.3 is 10.6 Å². The third-order valence-corrected chi connectivity index (χ3v) is 3.14. The van der Waals surface area contributed by atoms with Crippen LogP contribution in [0.3, 0.4) is 0 Å². The number of rotatable bonds is 1. The van der Waals surface area contributed by atoms with E-state index in [9.17, 15) is 0 Å². The van der Waals surface area contributed by atoms with Crippen LogP contribution in [0, 0.1) is 12.3 Å². The van der Waals surface area contributed by atoms with Gasteiger partial charge in [0.15, 0.2) is 0 Å². The molecule has 0 radical (unpaired) electrons. The molecule has 1 aromatic rings. The van der Waals surface area contributed by atoms with E-state index < -0.39 is 0 Å². The Kier molecular flexibility index (Phi) is 2.33. The summed E-state index contributed by atoms with van der Waals surface area (Å²) in [4.78, 5) is 6.73. The summed E-state index contributed by atoms with van der Waals surface area (Å²) in [7, 11) is 0. The van der Waals surface area contributed by atoms with Gasteiger partial charge in [-0.15, -0.1) is 0 Å². The summed E-state index contributed by atoms with van der Waals surface area (Å²) in [6, 6.07) is 2.08. The van der Waals surface area contributed by atoms with Crippen molar-refractivity contribution in [2.24, 2.45) is 5.41 Å². The van der Waals surface area contributed by atoms with Gasteiger partial charge in [0.05, 0.1) is 11.9 Å². The number of pyridine rings is 1. The van der Waals surface area contributed by atoms with E-state index in [1.165, 1.54) is 6.42 Å². The van der Waals surface area contributed by atoms with Crippen molar-refractivity contribution >= 4 is 11.5 Å². The van der Waals surface area contributed by atoms with Gasteiger partial charge in [-0.05, 0) is 30.4 Å². The van der Waals surface area contributed by atoms with E-state index in [2.05, 4.69) is 29.8 Å². The second-order valence-electron chi connectivity index (χ2n) is 5.23. The molecule has 1 aromatic heterocycles. The van der Waals surface area contributed by atoms with Gasteiger partial charge in [-0.2, -0.15) is 0 Å². The van der Waals surface area contributed by atoms with Gasteiger partial charge in [0.25, 0.3) is 0 Å².